The molecule has 0 bridgehead atoms. The minimum Gasteiger partial charge on any atom is -0.368 e. The lowest BCUT2D eigenvalue weighted by atomic mass is 10.1. The van der Waals surface area contributed by atoms with Gasteiger partial charge in [0.05, 0.1) is 16.8 Å². The number of fused-ring (bicyclic) bond motifs is 1. The monoisotopic (exact) mass is 716 g/mol. The van der Waals surface area contributed by atoms with Gasteiger partial charge in [-0.3, -0.25) is 29.0 Å². The van der Waals surface area contributed by atoms with Gasteiger partial charge in [0.25, 0.3) is 11.8 Å². The van der Waals surface area contributed by atoms with Crippen LogP contribution in [0, 0.1) is 0 Å². The van der Waals surface area contributed by atoms with Crippen molar-refractivity contribution in [2.75, 3.05) is 88.3 Å². The summed E-state index contributed by atoms with van der Waals surface area (Å²) in [6.07, 6.45) is 7.37. The van der Waals surface area contributed by atoms with Crippen LogP contribution in [0.3, 0.4) is 0 Å². The van der Waals surface area contributed by atoms with Gasteiger partial charge in [-0.25, -0.2) is 14.4 Å². The van der Waals surface area contributed by atoms with Crippen molar-refractivity contribution in [3.8, 4) is 10.6 Å². The van der Waals surface area contributed by atoms with Crippen molar-refractivity contribution in [3.05, 3.63) is 48.7 Å². The third-order valence-corrected chi connectivity index (χ3v) is 11.4. The molecule has 0 N–H and O–H groups in total. The molecule has 0 saturated carbocycles. The van der Waals surface area contributed by atoms with E-state index in [9.17, 15) is 23.6 Å². The van der Waals surface area contributed by atoms with Crippen LogP contribution in [0.4, 0.5) is 15.9 Å². The van der Waals surface area contributed by atoms with Gasteiger partial charge in [-0.15, -0.1) is 11.3 Å². The Morgan fingerprint density at radius 3 is 2.20 bits per heavy atom. The molecule has 4 amide bonds. The van der Waals surface area contributed by atoms with Crippen LogP contribution in [-0.2, 0) is 19.2 Å². The highest BCUT2D eigenvalue weighted by atomic mass is 32.1. The predicted molar refractivity (Wildman–Crippen MR) is 195 cm³/mol. The average molecular weight is 717 g/mol. The number of carbonyl (C=O) groups excluding carboxylic acids is 4. The first kappa shape index (κ1) is 35.0. The van der Waals surface area contributed by atoms with E-state index in [0.29, 0.717) is 78.0 Å². The van der Waals surface area contributed by atoms with Crippen LogP contribution in [0.15, 0.2) is 48.7 Å². The molecule has 51 heavy (non-hydrogen) atoms. The Morgan fingerprint density at radius 1 is 0.784 bits per heavy atom. The molecule has 7 rings (SSSR count). The summed E-state index contributed by atoms with van der Waals surface area (Å²) in [6, 6.07) is 10.3. The normalized spacial score (nSPS) is 20.0. The van der Waals surface area contributed by atoms with E-state index in [4.69, 9.17) is 4.98 Å². The van der Waals surface area contributed by atoms with Gasteiger partial charge in [-0.1, -0.05) is 6.42 Å². The van der Waals surface area contributed by atoms with Crippen LogP contribution in [0.5, 0.6) is 0 Å². The average Bonchev–Trinajstić information content (AvgIpc) is 3.88. The largest absolute Gasteiger partial charge is 0.368 e. The minimum absolute atomic E-state index is 0.146. The number of benzene rings is 1. The molecule has 270 valence electrons. The van der Waals surface area contributed by atoms with Crippen molar-refractivity contribution in [2.45, 2.75) is 44.7 Å². The Bertz CT molecular complexity index is 1750. The predicted octanol–water partition coefficient (Wildman–Crippen LogP) is 3.57. The van der Waals surface area contributed by atoms with Gasteiger partial charge < -0.3 is 19.6 Å². The molecule has 1 atom stereocenters. The van der Waals surface area contributed by atoms with E-state index in [1.54, 1.807) is 11.3 Å². The number of hydrogen-bond acceptors (Lipinski definition) is 10. The molecule has 14 heteroatoms. The molecule has 4 aliphatic rings. The maximum Gasteiger partial charge on any atom is 0.253 e. The third-order valence-electron chi connectivity index (χ3n) is 10.4. The van der Waals surface area contributed by atoms with Gasteiger partial charge in [0.2, 0.25) is 11.8 Å². The minimum atomic E-state index is -0.782. The maximum absolute atomic E-state index is 13.6. The number of imide groups is 1. The number of aromatic nitrogens is 2. The van der Waals surface area contributed by atoms with Gasteiger partial charge in [-0.05, 0) is 49.6 Å². The standard InChI is InChI=1S/C37H45FN8O4S/c38-28-11-15-45(26-28)32-8-5-27(25-39-32)37-40-30-7-6-29(24-31(30)51-37)42-20-22-44(23-21-42)34(48)12-14-41-16-18-43(19-17-41)33(47)4-2-1-3-13-46-35(49)9-10-36(46)50/h5-10,24-25,28H,1-4,11-23,26H2/t28-/m1/s1. The van der Waals surface area contributed by atoms with Crippen LogP contribution in [0.2, 0.25) is 0 Å². The number of rotatable bonds is 12. The number of thiazole rings is 1. The summed E-state index contributed by atoms with van der Waals surface area (Å²) in [5, 5.41) is 0.909. The molecule has 1 aromatic carbocycles. The number of piperazine rings is 2. The quantitative estimate of drug-likeness (QED) is 0.205. The lowest BCUT2D eigenvalue weighted by Gasteiger charge is -2.37. The first-order valence-electron chi connectivity index (χ1n) is 18.1. The second-order valence-electron chi connectivity index (χ2n) is 13.7. The number of amides is 4. The first-order chi connectivity index (χ1) is 24.8. The highest BCUT2D eigenvalue weighted by Gasteiger charge is 2.26. The number of alkyl halides is 1. The molecule has 3 saturated heterocycles. The number of nitrogens with zero attached hydrogens (tertiary/aromatic N) is 8. The molecule has 6 heterocycles. The lowest BCUT2D eigenvalue weighted by molar-refractivity contribution is -0.137. The zero-order valence-electron chi connectivity index (χ0n) is 28.9. The summed E-state index contributed by atoms with van der Waals surface area (Å²) >= 11 is 1.64. The molecule has 0 spiro atoms. The van der Waals surface area contributed by atoms with E-state index in [-0.39, 0.29) is 23.6 Å². The van der Waals surface area contributed by atoms with E-state index in [2.05, 4.69) is 33.0 Å². The topological polar surface area (TPSA) is 113 Å². The Labute approximate surface area is 301 Å². The molecule has 12 nitrogen and oxygen atoms in total. The molecule has 3 fully saturated rings. The lowest BCUT2D eigenvalue weighted by Crippen LogP contribution is -2.51. The number of unbranched alkanes of at least 4 members (excludes halogenated alkanes) is 2. The van der Waals surface area contributed by atoms with Gasteiger partial charge in [-0.2, -0.15) is 0 Å². The van der Waals surface area contributed by atoms with Crippen molar-refractivity contribution in [3.63, 3.8) is 0 Å². The zero-order valence-corrected chi connectivity index (χ0v) is 29.7. The molecule has 0 unspecified atom stereocenters. The number of anilines is 2. The third kappa shape index (κ3) is 8.39. The molecule has 4 aliphatic heterocycles. The van der Waals surface area contributed by atoms with Gasteiger partial charge in [0, 0.05) is 114 Å². The smallest absolute Gasteiger partial charge is 0.253 e. The summed E-state index contributed by atoms with van der Waals surface area (Å²) in [7, 11) is 0. The van der Waals surface area contributed by atoms with Crippen LogP contribution in [-0.4, -0.2) is 138 Å². The summed E-state index contributed by atoms with van der Waals surface area (Å²) in [5.74, 6) is 0.612. The Morgan fingerprint density at radius 2 is 1.51 bits per heavy atom. The molecule has 3 aromatic rings. The van der Waals surface area contributed by atoms with E-state index in [1.165, 1.54) is 17.1 Å². The second kappa shape index (κ2) is 15.9. The Balaban J connectivity index is 0.800. The molecular weight excluding hydrogens is 672 g/mol. The highest BCUT2D eigenvalue weighted by molar-refractivity contribution is 7.21. The fourth-order valence-electron chi connectivity index (χ4n) is 7.24. The number of carbonyl (C=O) groups is 4. The van der Waals surface area contributed by atoms with E-state index in [0.717, 1.165) is 71.3 Å². The summed E-state index contributed by atoms with van der Waals surface area (Å²) in [4.78, 5) is 70.2. The van der Waals surface area contributed by atoms with Crippen LogP contribution < -0.4 is 9.80 Å². The number of halogens is 1. The first-order valence-corrected chi connectivity index (χ1v) is 18.9. The van der Waals surface area contributed by atoms with Gasteiger partial charge in [0.1, 0.15) is 17.0 Å². The van der Waals surface area contributed by atoms with Crippen LogP contribution in [0.25, 0.3) is 20.8 Å². The molecule has 0 radical (unpaired) electrons. The Kier molecular flexibility index (Phi) is 10.9. The van der Waals surface area contributed by atoms with Crippen LogP contribution >= 0.6 is 11.3 Å². The van der Waals surface area contributed by atoms with E-state index in [1.807, 2.05) is 33.0 Å². The fraction of sp³-hybridized carbons (Fsp3) is 0.514. The highest BCUT2D eigenvalue weighted by Crippen LogP contribution is 2.33. The second-order valence-corrected chi connectivity index (χ2v) is 14.8. The molecular formula is C37H45FN8O4S. The van der Waals surface area contributed by atoms with Gasteiger partial charge in [0.15, 0.2) is 0 Å². The number of hydrogen-bond donors (Lipinski definition) is 0. The van der Waals surface area contributed by atoms with Crippen molar-refractivity contribution < 1.29 is 23.6 Å². The van der Waals surface area contributed by atoms with Crippen molar-refractivity contribution >= 4 is 56.7 Å². The Hall–Kier alpha value is -4.43. The molecule has 2 aromatic heterocycles. The van der Waals surface area contributed by atoms with Crippen LogP contribution in [0.1, 0.15) is 38.5 Å². The maximum atomic E-state index is 13.6. The summed E-state index contributed by atoms with van der Waals surface area (Å²) in [6.45, 7) is 7.99. The number of pyridine rings is 1. The van der Waals surface area contributed by atoms with E-state index >= 15 is 0 Å². The van der Waals surface area contributed by atoms with E-state index < -0.39 is 6.17 Å². The summed E-state index contributed by atoms with van der Waals surface area (Å²) in [5.41, 5.74) is 3.03. The molecule has 0 aliphatic carbocycles. The van der Waals surface area contributed by atoms with Crippen molar-refractivity contribution in [1.29, 1.82) is 0 Å². The zero-order chi connectivity index (χ0) is 35.3. The van der Waals surface area contributed by atoms with Gasteiger partial charge >= 0.3 is 0 Å². The van der Waals surface area contributed by atoms with Crippen molar-refractivity contribution in [1.82, 2.24) is 29.6 Å². The van der Waals surface area contributed by atoms with Crippen molar-refractivity contribution in [2.24, 2.45) is 0 Å². The fourth-order valence-corrected chi connectivity index (χ4v) is 8.23. The SMILES string of the molecule is O=C(CCCCCN1C(=O)C=CC1=O)N1CCN(CCC(=O)N2CCN(c3ccc4nc(-c5ccc(N6CC[C@@H](F)C6)nc5)sc4c3)CC2)CC1. The summed E-state index contributed by atoms with van der Waals surface area (Å²) < 4.78 is 14.7.